The van der Waals surface area contributed by atoms with Crippen molar-refractivity contribution >= 4 is 39.2 Å². The lowest BCUT2D eigenvalue weighted by atomic mass is 9.93. The summed E-state index contributed by atoms with van der Waals surface area (Å²) in [5.74, 6) is 1.12. The largest absolute Gasteiger partial charge is 0.496 e. The Hall–Kier alpha value is -6.63. The van der Waals surface area contributed by atoms with Gasteiger partial charge in [0.2, 0.25) is 12.0 Å². The highest BCUT2D eigenvalue weighted by molar-refractivity contribution is 7.13. The van der Waals surface area contributed by atoms with E-state index in [1.54, 1.807) is 49.8 Å². The molecule has 0 bridgehead atoms. The van der Waals surface area contributed by atoms with E-state index in [1.807, 2.05) is 67.6 Å². The number of nitrogens with zero attached hydrogens (tertiary/aromatic N) is 7. The molecule has 0 radical (unpaired) electrons. The van der Waals surface area contributed by atoms with Crippen molar-refractivity contribution in [3.63, 3.8) is 0 Å². The molecule has 4 aromatic carbocycles. The maximum absolute atomic E-state index is 13.0. The number of ether oxygens (including phenoxy) is 4. The fourth-order valence-corrected chi connectivity index (χ4v) is 8.44. The minimum absolute atomic E-state index is 0.0384. The highest BCUT2D eigenvalue weighted by atomic mass is 35.5. The number of nitriles is 1. The van der Waals surface area contributed by atoms with Gasteiger partial charge in [-0.2, -0.15) is 9.64 Å². The molecule has 0 spiro atoms. The molecule has 13 nitrogen and oxygen atoms in total. The summed E-state index contributed by atoms with van der Waals surface area (Å²) in [5.41, 5.74) is 5.79. The minimum Gasteiger partial charge on any atom is -0.496 e. The number of benzene rings is 4. The number of pyridine rings is 1. The molecule has 4 heterocycles. The lowest BCUT2D eigenvalue weighted by Gasteiger charge is -2.32. The van der Waals surface area contributed by atoms with Crippen molar-refractivity contribution in [2.45, 2.75) is 26.1 Å². The molecule has 1 unspecified atom stereocenters. The molecule has 3 aromatic heterocycles. The van der Waals surface area contributed by atoms with Gasteiger partial charge < -0.3 is 29.0 Å². The van der Waals surface area contributed by atoms with E-state index in [0.717, 1.165) is 60.9 Å². The molecule has 1 atom stereocenters. The van der Waals surface area contributed by atoms with Crippen LogP contribution < -0.4 is 18.9 Å². The molecule has 320 valence electrons. The number of halogens is 1. The third-order valence-corrected chi connectivity index (χ3v) is 12.2. The number of para-hydroxylation sites is 2. The highest BCUT2D eigenvalue weighted by Gasteiger charge is 2.28. The Morgan fingerprint density at radius 2 is 1.73 bits per heavy atom. The van der Waals surface area contributed by atoms with Crippen molar-refractivity contribution in [3.05, 3.63) is 131 Å². The van der Waals surface area contributed by atoms with Crippen LogP contribution in [-0.4, -0.2) is 99.8 Å². The van der Waals surface area contributed by atoms with Crippen LogP contribution in [0.5, 0.6) is 23.1 Å². The third-order valence-electron chi connectivity index (χ3n) is 11.0. The fourth-order valence-electron chi connectivity index (χ4n) is 7.52. The Morgan fingerprint density at radius 3 is 2.52 bits per heavy atom. The second-order valence-corrected chi connectivity index (χ2v) is 16.2. The van der Waals surface area contributed by atoms with E-state index in [-0.39, 0.29) is 18.9 Å². The maximum atomic E-state index is 13.0. The van der Waals surface area contributed by atoms with E-state index in [1.165, 1.54) is 0 Å². The number of piperazine rings is 1. The van der Waals surface area contributed by atoms with Gasteiger partial charge in [-0.3, -0.25) is 9.88 Å². The quantitative estimate of drug-likeness (QED) is 0.0986. The van der Waals surface area contributed by atoms with Crippen LogP contribution in [0.2, 0.25) is 5.02 Å². The fraction of sp³-hybridized carbons (Fsp3) is 0.250. The Morgan fingerprint density at radius 1 is 0.937 bits per heavy atom. The molecule has 1 saturated heterocycles. The first kappa shape index (κ1) is 43.0. The van der Waals surface area contributed by atoms with Crippen LogP contribution in [0.15, 0.2) is 103 Å². The van der Waals surface area contributed by atoms with Gasteiger partial charge in [0.15, 0.2) is 5.82 Å². The van der Waals surface area contributed by atoms with E-state index in [0.29, 0.717) is 78.4 Å². The maximum Gasteiger partial charge on any atom is 0.345 e. The highest BCUT2D eigenvalue weighted by Crippen LogP contribution is 2.46. The van der Waals surface area contributed by atoms with E-state index >= 15 is 0 Å². The number of fused-ring (bicyclic) bond motifs is 1. The number of methoxy groups -OCH3 is 1. The van der Waals surface area contributed by atoms with Gasteiger partial charge in [-0.15, -0.1) is 0 Å². The van der Waals surface area contributed by atoms with Gasteiger partial charge >= 0.3 is 5.97 Å². The second-order valence-electron chi connectivity index (χ2n) is 15.1. The first-order valence-corrected chi connectivity index (χ1v) is 21.5. The number of rotatable bonds is 16. The van der Waals surface area contributed by atoms with Crippen LogP contribution in [0.1, 0.15) is 22.4 Å². The molecule has 63 heavy (non-hydrogen) atoms. The van der Waals surface area contributed by atoms with E-state index in [4.69, 9.17) is 40.5 Å². The van der Waals surface area contributed by atoms with Gasteiger partial charge in [0.05, 0.1) is 50.8 Å². The molecule has 1 fully saturated rings. The van der Waals surface area contributed by atoms with Crippen molar-refractivity contribution in [1.29, 1.82) is 5.26 Å². The number of carboxylic acid groups (broad SMARTS) is 1. The average Bonchev–Trinajstić information content (AvgIpc) is 3.73. The summed E-state index contributed by atoms with van der Waals surface area (Å²) in [6.07, 6.45) is 1.96. The molecule has 0 saturated carbocycles. The number of likely N-dealkylation sites (N-methyl/N-ethyl adjacent to an activating group) is 1. The first-order valence-electron chi connectivity index (χ1n) is 20.4. The number of hydrogen-bond acceptors (Lipinski definition) is 13. The van der Waals surface area contributed by atoms with Crippen LogP contribution in [-0.2, 0) is 17.8 Å². The number of carbonyl (C=O) groups is 1. The van der Waals surface area contributed by atoms with Crippen molar-refractivity contribution in [2.75, 3.05) is 53.5 Å². The molecular weight excluding hydrogens is 838 g/mol. The Kier molecular flexibility index (Phi) is 13.4. The molecule has 7 aromatic rings. The zero-order chi connectivity index (χ0) is 43.9. The first-order chi connectivity index (χ1) is 30.7. The van der Waals surface area contributed by atoms with Gasteiger partial charge in [-0.05, 0) is 84.7 Å². The molecular formula is C48H44ClN7O6S. The SMILES string of the molecule is COc1ccccc1-c1nccc(COc2ccccc2CC(Oc2nsc3cnc(-c4cccc(C#N)c4)c(-c4ccc(OCCN5CCN(C)CC5)c(Cl)c4C)c23)C(=O)O)n1. The van der Waals surface area contributed by atoms with Gasteiger partial charge in [0.25, 0.3) is 0 Å². The van der Waals surface area contributed by atoms with E-state index in [9.17, 15) is 15.2 Å². The van der Waals surface area contributed by atoms with Crippen LogP contribution in [0.25, 0.3) is 43.9 Å². The zero-order valence-corrected chi connectivity index (χ0v) is 36.5. The summed E-state index contributed by atoms with van der Waals surface area (Å²) >= 11 is 8.24. The predicted octanol–water partition coefficient (Wildman–Crippen LogP) is 8.60. The van der Waals surface area contributed by atoms with Crippen molar-refractivity contribution in [3.8, 4) is 63.0 Å². The lowest BCUT2D eigenvalue weighted by Crippen LogP contribution is -2.45. The topological polar surface area (TPSA) is 156 Å². The molecule has 8 rings (SSSR count). The smallest absolute Gasteiger partial charge is 0.345 e. The lowest BCUT2D eigenvalue weighted by molar-refractivity contribution is -0.145. The van der Waals surface area contributed by atoms with Gasteiger partial charge in [-0.25, -0.2) is 14.8 Å². The van der Waals surface area contributed by atoms with Gasteiger partial charge in [-0.1, -0.05) is 60.1 Å². The molecule has 1 aliphatic rings. The number of hydrogen-bond donors (Lipinski definition) is 1. The van der Waals surface area contributed by atoms with Crippen LogP contribution in [0, 0.1) is 18.3 Å². The number of carboxylic acids is 1. The third kappa shape index (κ3) is 9.72. The second kappa shape index (κ2) is 19.6. The molecule has 0 amide bonds. The minimum atomic E-state index is -1.36. The van der Waals surface area contributed by atoms with Crippen molar-refractivity contribution in [1.82, 2.24) is 29.1 Å². The van der Waals surface area contributed by atoms with Crippen LogP contribution in [0.3, 0.4) is 0 Å². The van der Waals surface area contributed by atoms with Gasteiger partial charge in [0.1, 0.15) is 30.5 Å². The predicted molar refractivity (Wildman–Crippen MR) is 243 cm³/mol. The van der Waals surface area contributed by atoms with Crippen LogP contribution in [0.4, 0.5) is 0 Å². The summed E-state index contributed by atoms with van der Waals surface area (Å²) in [5, 5.41) is 21.5. The standard InChI is InChI=1S/C48H44ClN7O6S/c1-30-35(15-16-39(44(30)49)60-24-23-56-21-19-55(2)20-22-56)42-43-41(28-52-45(42)33-11-8-9-31(25-33)27-50)63-54-47(43)62-40(48(57)58)26-32-10-4-6-13-37(32)61-29-34-17-18-51-46(53-34)36-12-5-7-14-38(36)59-3/h4-18,25,28,40H,19-24,26,29H2,1-3H3,(H,57,58). The van der Waals surface area contributed by atoms with Crippen LogP contribution >= 0.6 is 23.1 Å². The Balaban J connectivity index is 1.09. The summed E-state index contributed by atoms with van der Waals surface area (Å²) < 4.78 is 29.8. The van der Waals surface area contributed by atoms with Crippen molar-refractivity contribution < 1.29 is 28.8 Å². The Bertz CT molecular complexity index is 2810. The van der Waals surface area contributed by atoms with Crippen molar-refractivity contribution in [2.24, 2.45) is 0 Å². The summed E-state index contributed by atoms with van der Waals surface area (Å²) in [6.45, 7) is 7.28. The monoisotopic (exact) mass is 881 g/mol. The number of aliphatic carboxylic acids is 1. The van der Waals surface area contributed by atoms with Gasteiger partial charge in [0, 0.05) is 62.7 Å². The summed E-state index contributed by atoms with van der Waals surface area (Å²) in [4.78, 5) is 31.8. The summed E-state index contributed by atoms with van der Waals surface area (Å²) in [6, 6.07) is 29.7. The average molecular weight is 882 g/mol. The number of aromatic nitrogens is 4. The normalized spacial score (nSPS) is 13.6. The summed E-state index contributed by atoms with van der Waals surface area (Å²) in [7, 11) is 3.73. The molecule has 1 N–H and O–H groups in total. The molecule has 15 heteroatoms. The van der Waals surface area contributed by atoms with E-state index in [2.05, 4.69) is 32.3 Å². The Labute approximate surface area is 374 Å². The zero-order valence-electron chi connectivity index (χ0n) is 35.0. The molecule has 1 aliphatic heterocycles. The molecule has 0 aliphatic carbocycles. The van der Waals surface area contributed by atoms with E-state index < -0.39 is 12.1 Å².